The fourth-order valence-electron chi connectivity index (χ4n) is 2.83. The Hall–Kier alpha value is -3.72. The zero-order chi connectivity index (χ0) is 23.0. The molecule has 3 aromatic carbocycles. The minimum absolute atomic E-state index is 0.0385. The van der Waals surface area contributed by atoms with Gasteiger partial charge in [-0.15, -0.1) is 0 Å². The van der Waals surface area contributed by atoms with Crippen molar-refractivity contribution >= 4 is 27.8 Å². The van der Waals surface area contributed by atoms with Gasteiger partial charge in [-0.05, 0) is 49.4 Å². The molecule has 0 heterocycles. The van der Waals surface area contributed by atoms with Gasteiger partial charge in [-0.2, -0.15) is 5.10 Å². The van der Waals surface area contributed by atoms with Gasteiger partial charge < -0.3 is 4.74 Å². The Balaban J connectivity index is 1.84. The SMILES string of the molecule is CCOc1ccc(N(CC(=O)N/N=C\c2ccccc2F)S(=O)(=O)c2ccccc2)cc1. The van der Waals surface area contributed by atoms with Gasteiger partial charge in [0.05, 0.1) is 23.4 Å². The molecule has 7 nitrogen and oxygen atoms in total. The summed E-state index contributed by atoms with van der Waals surface area (Å²) < 4.78 is 46.5. The van der Waals surface area contributed by atoms with Gasteiger partial charge in [0.25, 0.3) is 15.9 Å². The molecule has 9 heteroatoms. The van der Waals surface area contributed by atoms with Crippen molar-refractivity contribution < 1.29 is 22.3 Å². The lowest BCUT2D eigenvalue weighted by Crippen LogP contribution is -2.39. The molecule has 0 bridgehead atoms. The third-order valence-corrected chi connectivity index (χ3v) is 6.14. The predicted octanol–water partition coefficient (Wildman–Crippen LogP) is 3.57. The van der Waals surface area contributed by atoms with E-state index in [-0.39, 0.29) is 16.1 Å². The molecule has 0 fully saturated rings. The standard InChI is InChI=1S/C23H22FN3O4S/c1-2-31-20-14-12-19(13-15-20)27(32(29,30)21-9-4-3-5-10-21)17-23(28)26-25-16-18-8-6-7-11-22(18)24/h3-16H,2,17H2,1H3,(H,26,28)/b25-16-. The Morgan fingerprint density at radius 3 is 2.34 bits per heavy atom. The highest BCUT2D eigenvalue weighted by Crippen LogP contribution is 2.25. The van der Waals surface area contributed by atoms with E-state index in [1.165, 1.54) is 30.3 Å². The minimum atomic E-state index is -4.04. The van der Waals surface area contributed by atoms with E-state index in [0.717, 1.165) is 10.5 Å². The first-order valence-corrected chi connectivity index (χ1v) is 11.2. The smallest absolute Gasteiger partial charge is 0.264 e. The van der Waals surface area contributed by atoms with E-state index < -0.39 is 28.3 Å². The zero-order valence-electron chi connectivity index (χ0n) is 17.3. The number of hydrogen-bond donors (Lipinski definition) is 1. The van der Waals surface area contributed by atoms with Crippen molar-refractivity contribution in [2.45, 2.75) is 11.8 Å². The number of hydrogen-bond acceptors (Lipinski definition) is 5. The number of benzene rings is 3. The molecule has 0 saturated carbocycles. The van der Waals surface area contributed by atoms with Crippen molar-refractivity contribution in [3.63, 3.8) is 0 Å². The van der Waals surface area contributed by atoms with Gasteiger partial charge in [-0.3, -0.25) is 9.10 Å². The van der Waals surface area contributed by atoms with E-state index >= 15 is 0 Å². The average molecular weight is 456 g/mol. The van der Waals surface area contributed by atoms with E-state index in [0.29, 0.717) is 12.4 Å². The highest BCUT2D eigenvalue weighted by atomic mass is 32.2. The van der Waals surface area contributed by atoms with Crippen molar-refractivity contribution in [2.24, 2.45) is 5.10 Å². The molecular formula is C23H22FN3O4S. The van der Waals surface area contributed by atoms with E-state index in [9.17, 15) is 17.6 Å². The van der Waals surface area contributed by atoms with Crippen LogP contribution < -0.4 is 14.5 Å². The van der Waals surface area contributed by atoms with Crippen LogP contribution in [0.25, 0.3) is 0 Å². The molecule has 0 aromatic heterocycles. The van der Waals surface area contributed by atoms with Crippen LogP contribution in [0.3, 0.4) is 0 Å². The zero-order valence-corrected chi connectivity index (χ0v) is 18.1. The fourth-order valence-corrected chi connectivity index (χ4v) is 4.27. The normalized spacial score (nSPS) is 11.3. The molecule has 0 saturated heterocycles. The van der Waals surface area contributed by atoms with Crippen LogP contribution in [0.4, 0.5) is 10.1 Å². The van der Waals surface area contributed by atoms with Crippen molar-refractivity contribution in [1.82, 2.24) is 5.43 Å². The maximum Gasteiger partial charge on any atom is 0.264 e. The summed E-state index contributed by atoms with van der Waals surface area (Å²) in [4.78, 5) is 12.5. The van der Waals surface area contributed by atoms with Crippen LogP contribution >= 0.6 is 0 Å². The maximum absolute atomic E-state index is 13.7. The number of ether oxygens (including phenoxy) is 1. The van der Waals surface area contributed by atoms with Gasteiger partial charge in [-0.25, -0.2) is 18.2 Å². The summed E-state index contributed by atoms with van der Waals surface area (Å²) in [5.74, 6) is -0.605. The number of sulfonamides is 1. The van der Waals surface area contributed by atoms with Crippen LogP contribution in [0.2, 0.25) is 0 Å². The monoisotopic (exact) mass is 455 g/mol. The van der Waals surface area contributed by atoms with Crippen LogP contribution in [-0.2, 0) is 14.8 Å². The summed E-state index contributed by atoms with van der Waals surface area (Å²) in [6.45, 7) is 1.78. The quantitative estimate of drug-likeness (QED) is 0.395. The molecule has 166 valence electrons. The van der Waals surface area contributed by atoms with E-state index in [1.807, 2.05) is 6.92 Å². The summed E-state index contributed by atoms with van der Waals surface area (Å²) in [6, 6.07) is 20.1. The number of anilines is 1. The number of nitrogens with zero attached hydrogens (tertiary/aromatic N) is 2. The van der Waals surface area contributed by atoms with Crippen LogP contribution in [0, 0.1) is 5.82 Å². The van der Waals surface area contributed by atoms with Crippen LogP contribution in [0.1, 0.15) is 12.5 Å². The number of hydrazone groups is 1. The molecule has 1 amide bonds. The minimum Gasteiger partial charge on any atom is -0.494 e. The second-order valence-corrected chi connectivity index (χ2v) is 8.43. The first-order valence-electron chi connectivity index (χ1n) is 9.79. The lowest BCUT2D eigenvalue weighted by molar-refractivity contribution is -0.119. The summed E-state index contributed by atoms with van der Waals surface area (Å²) in [6.07, 6.45) is 1.15. The Bertz CT molecular complexity index is 1180. The van der Waals surface area contributed by atoms with Gasteiger partial charge in [0, 0.05) is 5.56 Å². The van der Waals surface area contributed by atoms with Crippen molar-refractivity contribution in [3.8, 4) is 5.75 Å². The fraction of sp³-hybridized carbons (Fsp3) is 0.130. The first-order chi connectivity index (χ1) is 15.4. The predicted molar refractivity (Wildman–Crippen MR) is 121 cm³/mol. The van der Waals surface area contributed by atoms with Gasteiger partial charge in [0.2, 0.25) is 0 Å². The van der Waals surface area contributed by atoms with E-state index in [1.54, 1.807) is 48.5 Å². The van der Waals surface area contributed by atoms with Crippen LogP contribution in [0.5, 0.6) is 5.75 Å². The summed E-state index contributed by atoms with van der Waals surface area (Å²) >= 11 is 0. The summed E-state index contributed by atoms with van der Waals surface area (Å²) in [7, 11) is -4.04. The van der Waals surface area contributed by atoms with Crippen molar-refractivity contribution in [2.75, 3.05) is 17.5 Å². The van der Waals surface area contributed by atoms with Crippen molar-refractivity contribution in [3.05, 3.63) is 90.2 Å². The molecule has 1 N–H and O–H groups in total. The lowest BCUT2D eigenvalue weighted by Gasteiger charge is -2.24. The van der Waals surface area contributed by atoms with E-state index in [2.05, 4.69) is 10.5 Å². The second-order valence-electron chi connectivity index (χ2n) is 6.57. The number of carbonyl (C=O) groups is 1. The maximum atomic E-state index is 13.7. The summed E-state index contributed by atoms with van der Waals surface area (Å²) in [5.41, 5.74) is 2.72. The molecule has 0 atom stereocenters. The molecule has 0 radical (unpaired) electrons. The number of rotatable bonds is 9. The number of nitrogens with one attached hydrogen (secondary N) is 1. The molecule has 3 aromatic rings. The summed E-state index contributed by atoms with van der Waals surface area (Å²) in [5, 5.41) is 3.74. The molecule has 3 rings (SSSR count). The molecule has 0 spiro atoms. The third kappa shape index (κ3) is 5.70. The molecule has 0 aliphatic heterocycles. The molecule has 0 aliphatic carbocycles. The Kier molecular flexibility index (Phi) is 7.56. The highest BCUT2D eigenvalue weighted by Gasteiger charge is 2.27. The average Bonchev–Trinajstić information content (AvgIpc) is 2.80. The Morgan fingerprint density at radius 1 is 1.03 bits per heavy atom. The third-order valence-electron chi connectivity index (χ3n) is 4.35. The lowest BCUT2D eigenvalue weighted by atomic mass is 10.2. The molecule has 0 unspecified atom stereocenters. The molecular weight excluding hydrogens is 433 g/mol. The van der Waals surface area contributed by atoms with Gasteiger partial charge in [0.1, 0.15) is 18.1 Å². The number of carbonyl (C=O) groups excluding carboxylic acids is 1. The van der Waals surface area contributed by atoms with Gasteiger partial charge >= 0.3 is 0 Å². The molecule has 32 heavy (non-hydrogen) atoms. The number of amides is 1. The largest absolute Gasteiger partial charge is 0.494 e. The van der Waals surface area contributed by atoms with Gasteiger partial charge in [0.15, 0.2) is 0 Å². The molecule has 0 aliphatic rings. The first kappa shape index (κ1) is 23.0. The van der Waals surface area contributed by atoms with E-state index in [4.69, 9.17) is 4.74 Å². The van der Waals surface area contributed by atoms with Crippen molar-refractivity contribution in [1.29, 1.82) is 0 Å². The Morgan fingerprint density at radius 2 is 1.69 bits per heavy atom. The topological polar surface area (TPSA) is 88.1 Å². The van der Waals surface area contributed by atoms with Gasteiger partial charge in [-0.1, -0.05) is 36.4 Å². The second kappa shape index (κ2) is 10.5. The number of halogens is 1. The van der Waals surface area contributed by atoms with Crippen LogP contribution in [-0.4, -0.2) is 33.7 Å². The van der Waals surface area contributed by atoms with Crippen LogP contribution in [0.15, 0.2) is 88.9 Å². The highest BCUT2D eigenvalue weighted by molar-refractivity contribution is 7.92. The Labute approximate surface area is 186 Å².